The monoisotopic (exact) mass is 480 g/mol. The van der Waals surface area contributed by atoms with Crippen molar-refractivity contribution in [2.45, 2.75) is 12.8 Å². The van der Waals surface area contributed by atoms with Gasteiger partial charge < -0.3 is 10.6 Å². The standard InChI is InChI=1S/C22H17BrN4O2S/c1-13-4-2-3-5-16(13)20-17(10-24)21(29)27-22(18(20)11-25)30-12-19(28)26-15-8-6-14(23)7-9-15/h2-9,17,20H,12H2,1H3,(H,26,28)(H,27,29). The fraction of sp³-hybridized carbons (Fsp3) is 0.182. The Labute approximate surface area is 187 Å². The summed E-state index contributed by atoms with van der Waals surface area (Å²) in [4.78, 5) is 24.9. The zero-order chi connectivity index (χ0) is 21.7. The zero-order valence-electron chi connectivity index (χ0n) is 16.0. The number of carbonyl (C=O) groups is 2. The van der Waals surface area contributed by atoms with Crippen molar-refractivity contribution in [1.29, 1.82) is 10.5 Å². The third kappa shape index (κ3) is 4.73. The molecule has 1 aliphatic rings. The van der Waals surface area contributed by atoms with Gasteiger partial charge in [0.05, 0.1) is 28.5 Å². The van der Waals surface area contributed by atoms with Crippen LogP contribution in [0.25, 0.3) is 0 Å². The van der Waals surface area contributed by atoms with E-state index in [1.165, 1.54) is 0 Å². The Morgan fingerprint density at radius 2 is 1.90 bits per heavy atom. The minimum absolute atomic E-state index is 0.00850. The maximum absolute atomic E-state index is 12.6. The van der Waals surface area contributed by atoms with Gasteiger partial charge in [0.25, 0.3) is 0 Å². The summed E-state index contributed by atoms with van der Waals surface area (Å²) < 4.78 is 0.901. The topological polar surface area (TPSA) is 106 Å². The SMILES string of the molecule is Cc1ccccc1C1C(C#N)=C(SCC(=O)Nc2ccc(Br)cc2)NC(=O)C1C#N. The maximum Gasteiger partial charge on any atom is 0.243 e. The Kier molecular flexibility index (Phi) is 6.94. The van der Waals surface area contributed by atoms with E-state index >= 15 is 0 Å². The first-order valence-electron chi connectivity index (χ1n) is 9.03. The van der Waals surface area contributed by atoms with Gasteiger partial charge in [-0.25, -0.2) is 0 Å². The van der Waals surface area contributed by atoms with Crippen molar-refractivity contribution in [3.05, 3.63) is 74.7 Å². The van der Waals surface area contributed by atoms with E-state index in [4.69, 9.17) is 0 Å². The Morgan fingerprint density at radius 1 is 1.20 bits per heavy atom. The number of halogens is 1. The fourth-order valence-electron chi connectivity index (χ4n) is 3.22. The highest BCUT2D eigenvalue weighted by Gasteiger charge is 2.40. The number of thioether (sulfide) groups is 1. The zero-order valence-corrected chi connectivity index (χ0v) is 18.4. The fourth-order valence-corrected chi connectivity index (χ4v) is 4.34. The molecular weight excluding hydrogens is 464 g/mol. The van der Waals surface area contributed by atoms with Gasteiger partial charge in [-0.2, -0.15) is 10.5 Å². The number of carbonyl (C=O) groups excluding carboxylic acids is 2. The quantitative estimate of drug-likeness (QED) is 0.666. The van der Waals surface area contributed by atoms with E-state index < -0.39 is 17.7 Å². The van der Waals surface area contributed by atoms with Gasteiger partial charge in [0.15, 0.2) is 0 Å². The van der Waals surface area contributed by atoms with E-state index in [2.05, 4.69) is 32.6 Å². The highest BCUT2D eigenvalue weighted by atomic mass is 79.9. The van der Waals surface area contributed by atoms with E-state index in [9.17, 15) is 20.1 Å². The van der Waals surface area contributed by atoms with Gasteiger partial charge in [0.2, 0.25) is 11.8 Å². The molecule has 1 heterocycles. The first-order valence-corrected chi connectivity index (χ1v) is 10.8. The molecule has 30 heavy (non-hydrogen) atoms. The average Bonchev–Trinajstić information content (AvgIpc) is 2.74. The molecule has 2 N–H and O–H groups in total. The molecule has 0 bridgehead atoms. The van der Waals surface area contributed by atoms with Crippen LogP contribution in [0.3, 0.4) is 0 Å². The van der Waals surface area contributed by atoms with Crippen LogP contribution in [0.15, 0.2) is 63.6 Å². The second kappa shape index (κ2) is 9.62. The average molecular weight is 481 g/mol. The third-order valence-corrected chi connectivity index (χ3v) is 6.21. The molecule has 150 valence electrons. The second-order valence-corrected chi connectivity index (χ2v) is 8.53. The van der Waals surface area contributed by atoms with Crippen LogP contribution in [-0.2, 0) is 9.59 Å². The summed E-state index contributed by atoms with van der Waals surface area (Å²) in [5.74, 6) is -2.42. The summed E-state index contributed by atoms with van der Waals surface area (Å²) in [6.45, 7) is 1.88. The van der Waals surface area contributed by atoms with Gasteiger partial charge in [-0.15, -0.1) is 0 Å². The second-order valence-electron chi connectivity index (χ2n) is 6.63. The molecule has 0 aliphatic carbocycles. The molecular formula is C22H17BrN4O2S. The van der Waals surface area contributed by atoms with Crippen molar-refractivity contribution in [3.63, 3.8) is 0 Å². The van der Waals surface area contributed by atoms with Crippen LogP contribution in [0.1, 0.15) is 17.0 Å². The maximum atomic E-state index is 12.6. The van der Waals surface area contributed by atoms with Gasteiger partial charge in [-0.05, 0) is 42.3 Å². The minimum atomic E-state index is -1.01. The van der Waals surface area contributed by atoms with Crippen molar-refractivity contribution in [3.8, 4) is 12.1 Å². The summed E-state index contributed by atoms with van der Waals surface area (Å²) in [6.07, 6.45) is 0. The van der Waals surface area contributed by atoms with Crippen molar-refractivity contribution < 1.29 is 9.59 Å². The number of hydrogen-bond donors (Lipinski definition) is 2. The summed E-state index contributed by atoms with van der Waals surface area (Å²) in [5.41, 5.74) is 2.58. The molecule has 0 radical (unpaired) electrons. The molecule has 8 heteroatoms. The summed E-state index contributed by atoms with van der Waals surface area (Å²) in [5, 5.41) is 25.1. The van der Waals surface area contributed by atoms with Crippen LogP contribution in [0.2, 0.25) is 0 Å². The number of nitrogens with zero attached hydrogens (tertiary/aromatic N) is 2. The van der Waals surface area contributed by atoms with E-state index in [1.54, 1.807) is 12.1 Å². The number of hydrogen-bond acceptors (Lipinski definition) is 5. The molecule has 0 fully saturated rings. The van der Waals surface area contributed by atoms with Crippen LogP contribution in [0.5, 0.6) is 0 Å². The number of nitriles is 2. The lowest BCUT2D eigenvalue weighted by Crippen LogP contribution is -2.39. The Balaban J connectivity index is 1.85. The molecule has 6 nitrogen and oxygen atoms in total. The number of amides is 2. The van der Waals surface area contributed by atoms with Gasteiger partial charge >= 0.3 is 0 Å². The largest absolute Gasteiger partial charge is 0.325 e. The molecule has 0 saturated carbocycles. The van der Waals surface area contributed by atoms with Gasteiger partial charge in [0, 0.05) is 16.1 Å². The van der Waals surface area contributed by atoms with Crippen LogP contribution in [0, 0.1) is 35.5 Å². The lowest BCUT2D eigenvalue weighted by atomic mass is 9.78. The number of nitrogens with one attached hydrogen (secondary N) is 2. The van der Waals surface area contributed by atoms with E-state index in [1.807, 2.05) is 49.4 Å². The van der Waals surface area contributed by atoms with Crippen molar-refractivity contribution >= 4 is 45.2 Å². The lowest BCUT2D eigenvalue weighted by Gasteiger charge is -2.29. The number of rotatable bonds is 5. The molecule has 1 aliphatic heterocycles. The summed E-state index contributed by atoms with van der Waals surface area (Å²) in [6, 6.07) is 18.7. The summed E-state index contributed by atoms with van der Waals surface area (Å²) in [7, 11) is 0. The third-order valence-electron chi connectivity index (χ3n) is 4.67. The minimum Gasteiger partial charge on any atom is -0.325 e. The Hall–Kier alpha value is -3.07. The molecule has 3 rings (SSSR count). The normalized spacial score (nSPS) is 18.2. The Morgan fingerprint density at radius 3 is 2.53 bits per heavy atom. The molecule has 2 unspecified atom stereocenters. The lowest BCUT2D eigenvalue weighted by molar-refractivity contribution is -0.123. The van der Waals surface area contributed by atoms with Crippen LogP contribution in [-0.4, -0.2) is 17.6 Å². The van der Waals surface area contributed by atoms with Crippen LogP contribution >= 0.6 is 27.7 Å². The van der Waals surface area contributed by atoms with Crippen LogP contribution < -0.4 is 10.6 Å². The van der Waals surface area contributed by atoms with Gasteiger partial charge in [-0.3, -0.25) is 9.59 Å². The first-order chi connectivity index (χ1) is 14.4. The van der Waals surface area contributed by atoms with Crippen molar-refractivity contribution in [2.75, 3.05) is 11.1 Å². The van der Waals surface area contributed by atoms with Crippen molar-refractivity contribution in [2.24, 2.45) is 5.92 Å². The highest BCUT2D eigenvalue weighted by molar-refractivity contribution is 9.10. The Bertz CT molecular complexity index is 1100. The molecule has 0 aromatic heterocycles. The molecule has 2 aromatic carbocycles. The highest BCUT2D eigenvalue weighted by Crippen LogP contribution is 2.40. The molecule has 2 atom stereocenters. The van der Waals surface area contributed by atoms with Crippen LogP contribution in [0.4, 0.5) is 5.69 Å². The molecule has 0 spiro atoms. The number of allylic oxidation sites excluding steroid dienone is 1. The molecule has 2 aromatic rings. The first kappa shape index (κ1) is 21.6. The van der Waals surface area contributed by atoms with Gasteiger partial charge in [-0.1, -0.05) is 52.0 Å². The van der Waals surface area contributed by atoms with Crippen molar-refractivity contribution in [1.82, 2.24) is 5.32 Å². The van der Waals surface area contributed by atoms with E-state index in [0.29, 0.717) is 10.7 Å². The number of benzene rings is 2. The van der Waals surface area contributed by atoms with Gasteiger partial charge in [0.1, 0.15) is 5.92 Å². The molecule has 0 saturated heterocycles. The molecule has 2 amide bonds. The number of anilines is 1. The smallest absolute Gasteiger partial charge is 0.243 e. The number of aryl methyl sites for hydroxylation is 1. The van der Waals surface area contributed by atoms with E-state index in [-0.39, 0.29) is 17.2 Å². The predicted octanol–water partition coefficient (Wildman–Crippen LogP) is 4.22. The predicted molar refractivity (Wildman–Crippen MR) is 119 cm³/mol. The van der Waals surface area contributed by atoms with E-state index in [0.717, 1.165) is 27.4 Å². The summed E-state index contributed by atoms with van der Waals surface area (Å²) >= 11 is 4.41.